The van der Waals surface area contributed by atoms with Crippen molar-refractivity contribution in [3.63, 3.8) is 0 Å². The summed E-state index contributed by atoms with van der Waals surface area (Å²) in [6.07, 6.45) is 1.59. The number of hydrogen-bond donors (Lipinski definition) is 1. The third kappa shape index (κ3) is 3.82. The van der Waals surface area contributed by atoms with E-state index in [0.29, 0.717) is 10.7 Å². The number of benzene rings is 2. The van der Waals surface area contributed by atoms with Crippen molar-refractivity contribution in [1.82, 2.24) is 0 Å². The number of anilines is 1. The van der Waals surface area contributed by atoms with Crippen LogP contribution in [0.4, 0.5) is 5.69 Å². The summed E-state index contributed by atoms with van der Waals surface area (Å²) in [5, 5.41) is 15.3. The Morgan fingerprint density at radius 1 is 1.21 bits per heavy atom. The molecule has 0 spiro atoms. The van der Waals surface area contributed by atoms with Crippen LogP contribution in [0.5, 0.6) is 0 Å². The zero-order chi connectivity index (χ0) is 13.7. The van der Waals surface area contributed by atoms with Crippen LogP contribution in [-0.2, 0) is 0 Å². The molecule has 2 aromatic carbocycles. The van der Waals surface area contributed by atoms with Crippen molar-refractivity contribution in [2.75, 3.05) is 5.43 Å². The molecule has 0 bridgehead atoms. The molecule has 0 radical (unpaired) electrons. The van der Waals surface area contributed by atoms with E-state index in [1.54, 1.807) is 30.5 Å². The van der Waals surface area contributed by atoms with Crippen LogP contribution in [0, 0.1) is 0 Å². The lowest BCUT2D eigenvalue weighted by atomic mass is 10.2. The van der Waals surface area contributed by atoms with Crippen LogP contribution in [0.1, 0.15) is 15.9 Å². The molecule has 19 heavy (non-hydrogen) atoms. The molecule has 4 nitrogen and oxygen atoms in total. The Bertz CT molecular complexity index is 626. The van der Waals surface area contributed by atoms with Gasteiger partial charge in [0.25, 0.3) is 0 Å². The van der Waals surface area contributed by atoms with E-state index in [1.165, 1.54) is 12.1 Å². The summed E-state index contributed by atoms with van der Waals surface area (Å²) >= 11 is 5.84. The lowest BCUT2D eigenvalue weighted by molar-refractivity contribution is -0.255. The minimum absolute atomic E-state index is 0.1000. The third-order valence-corrected chi connectivity index (χ3v) is 2.59. The molecule has 96 valence electrons. The first-order valence-corrected chi connectivity index (χ1v) is 5.89. The van der Waals surface area contributed by atoms with Gasteiger partial charge in [0, 0.05) is 5.02 Å². The van der Waals surface area contributed by atoms with Crippen LogP contribution >= 0.6 is 11.6 Å². The molecule has 0 aliphatic carbocycles. The molecule has 0 saturated heterocycles. The highest BCUT2D eigenvalue weighted by Crippen LogP contribution is 2.11. The smallest absolute Gasteiger partial charge is 0.0716 e. The van der Waals surface area contributed by atoms with Gasteiger partial charge >= 0.3 is 0 Å². The first-order chi connectivity index (χ1) is 9.15. The first-order valence-electron chi connectivity index (χ1n) is 5.51. The number of carbonyl (C=O) groups is 1. The minimum atomic E-state index is -1.22. The summed E-state index contributed by atoms with van der Waals surface area (Å²) in [5.41, 5.74) is 4.26. The Balaban J connectivity index is 2.06. The van der Waals surface area contributed by atoms with Crippen LogP contribution < -0.4 is 10.5 Å². The highest BCUT2D eigenvalue weighted by atomic mass is 35.5. The Kier molecular flexibility index (Phi) is 4.15. The van der Waals surface area contributed by atoms with Crippen molar-refractivity contribution in [1.29, 1.82) is 0 Å². The van der Waals surface area contributed by atoms with Gasteiger partial charge in [0.05, 0.1) is 17.9 Å². The molecule has 0 aromatic heterocycles. The average Bonchev–Trinajstić information content (AvgIpc) is 2.39. The zero-order valence-corrected chi connectivity index (χ0v) is 10.6. The molecule has 0 unspecified atom stereocenters. The van der Waals surface area contributed by atoms with Gasteiger partial charge in [-0.05, 0) is 35.4 Å². The van der Waals surface area contributed by atoms with Gasteiger partial charge in [-0.3, -0.25) is 5.43 Å². The summed E-state index contributed by atoms with van der Waals surface area (Å²) in [4.78, 5) is 10.7. The maximum atomic E-state index is 10.7. The van der Waals surface area contributed by atoms with Gasteiger partial charge < -0.3 is 9.90 Å². The fraction of sp³-hybridized carbons (Fsp3) is 0. The summed E-state index contributed by atoms with van der Waals surface area (Å²) in [7, 11) is 0. The van der Waals surface area contributed by atoms with Gasteiger partial charge in [0.15, 0.2) is 0 Å². The minimum Gasteiger partial charge on any atom is -0.545 e. The lowest BCUT2D eigenvalue weighted by Gasteiger charge is -2.05. The third-order valence-electron chi connectivity index (χ3n) is 2.35. The molecular formula is C14H10ClN2O2-. The summed E-state index contributed by atoms with van der Waals surface area (Å²) in [6, 6.07) is 13.4. The second kappa shape index (κ2) is 6.02. The van der Waals surface area contributed by atoms with Crippen molar-refractivity contribution < 1.29 is 9.90 Å². The van der Waals surface area contributed by atoms with Gasteiger partial charge in [-0.2, -0.15) is 5.10 Å². The standard InChI is InChI=1S/C14H11ClN2O2/c15-12-5-1-3-10(7-12)9-16-17-13-6-2-4-11(8-13)14(18)19/h1-9,17H,(H,18,19)/p-1/b16-9-. The van der Waals surface area contributed by atoms with Crippen molar-refractivity contribution in [2.45, 2.75) is 0 Å². The fourth-order valence-corrected chi connectivity index (χ4v) is 1.68. The molecule has 0 amide bonds. The number of hydrazone groups is 1. The van der Waals surface area contributed by atoms with Crippen molar-refractivity contribution in [3.05, 3.63) is 64.7 Å². The van der Waals surface area contributed by atoms with Gasteiger partial charge in [-0.25, -0.2) is 0 Å². The largest absolute Gasteiger partial charge is 0.545 e. The Morgan fingerprint density at radius 2 is 2.00 bits per heavy atom. The number of hydrogen-bond acceptors (Lipinski definition) is 4. The monoisotopic (exact) mass is 273 g/mol. The summed E-state index contributed by atoms with van der Waals surface area (Å²) in [5.74, 6) is -1.22. The highest BCUT2D eigenvalue weighted by molar-refractivity contribution is 6.30. The van der Waals surface area contributed by atoms with Crippen molar-refractivity contribution in [3.8, 4) is 0 Å². The van der Waals surface area contributed by atoms with E-state index in [4.69, 9.17) is 11.6 Å². The van der Waals surface area contributed by atoms with E-state index in [2.05, 4.69) is 10.5 Å². The molecule has 0 saturated carbocycles. The number of carbonyl (C=O) groups excluding carboxylic acids is 1. The van der Waals surface area contributed by atoms with Gasteiger partial charge in [-0.15, -0.1) is 0 Å². The maximum absolute atomic E-state index is 10.7. The van der Waals surface area contributed by atoms with E-state index in [0.717, 1.165) is 5.56 Å². The molecule has 0 fully saturated rings. The molecule has 0 heterocycles. The Hall–Kier alpha value is -2.33. The molecule has 0 atom stereocenters. The molecule has 0 aliphatic heterocycles. The van der Waals surface area contributed by atoms with E-state index < -0.39 is 5.97 Å². The van der Waals surface area contributed by atoms with Crippen LogP contribution in [0.2, 0.25) is 5.02 Å². The van der Waals surface area contributed by atoms with Crippen LogP contribution in [-0.4, -0.2) is 12.2 Å². The van der Waals surface area contributed by atoms with Crippen molar-refractivity contribution in [2.24, 2.45) is 5.10 Å². The number of nitrogens with one attached hydrogen (secondary N) is 1. The molecule has 5 heteroatoms. The maximum Gasteiger partial charge on any atom is 0.0716 e. The predicted octanol–water partition coefficient (Wildman–Crippen LogP) is 2.15. The SMILES string of the molecule is O=C([O-])c1cccc(N/N=C\c2cccc(Cl)c2)c1. The summed E-state index contributed by atoms with van der Waals surface area (Å²) < 4.78 is 0. The average molecular weight is 274 g/mol. The molecule has 2 aromatic rings. The molecule has 0 aliphatic rings. The number of carboxylic acids is 1. The van der Waals surface area contributed by atoms with E-state index in [-0.39, 0.29) is 5.56 Å². The zero-order valence-electron chi connectivity index (χ0n) is 9.84. The highest BCUT2D eigenvalue weighted by Gasteiger charge is 1.95. The Morgan fingerprint density at radius 3 is 2.74 bits per heavy atom. The van der Waals surface area contributed by atoms with Gasteiger partial charge in [-0.1, -0.05) is 35.9 Å². The number of aromatic carboxylic acids is 1. The fourth-order valence-electron chi connectivity index (χ4n) is 1.48. The van der Waals surface area contributed by atoms with E-state index in [1.807, 2.05) is 12.1 Å². The molecule has 1 N–H and O–H groups in total. The van der Waals surface area contributed by atoms with E-state index >= 15 is 0 Å². The van der Waals surface area contributed by atoms with Crippen LogP contribution in [0.15, 0.2) is 53.6 Å². The predicted molar refractivity (Wildman–Crippen MR) is 73.4 cm³/mol. The van der Waals surface area contributed by atoms with Gasteiger partial charge in [0.2, 0.25) is 0 Å². The van der Waals surface area contributed by atoms with Crippen LogP contribution in [0.25, 0.3) is 0 Å². The number of rotatable bonds is 4. The normalized spacial score (nSPS) is 10.6. The lowest BCUT2D eigenvalue weighted by Crippen LogP contribution is -2.22. The van der Waals surface area contributed by atoms with Crippen molar-refractivity contribution >= 4 is 29.5 Å². The number of carboxylic acid groups (broad SMARTS) is 1. The van der Waals surface area contributed by atoms with Gasteiger partial charge in [0.1, 0.15) is 0 Å². The second-order valence-corrected chi connectivity index (χ2v) is 4.23. The number of nitrogens with zero attached hydrogens (tertiary/aromatic N) is 1. The number of halogens is 1. The van der Waals surface area contributed by atoms with Crippen LogP contribution in [0.3, 0.4) is 0 Å². The quantitative estimate of drug-likeness (QED) is 0.686. The van der Waals surface area contributed by atoms with E-state index in [9.17, 15) is 9.90 Å². The molecule has 2 rings (SSSR count). The molecular weight excluding hydrogens is 264 g/mol. The first kappa shape index (κ1) is 13.1. The Labute approximate surface area is 115 Å². The summed E-state index contributed by atoms with van der Waals surface area (Å²) in [6.45, 7) is 0. The second-order valence-electron chi connectivity index (χ2n) is 3.79. The topological polar surface area (TPSA) is 64.5 Å².